The molecule has 1 aromatic rings. The summed E-state index contributed by atoms with van der Waals surface area (Å²) in [5.74, 6) is 2.26. The molecule has 1 aromatic carbocycles. The molecule has 0 fully saturated rings. The van der Waals surface area contributed by atoms with Gasteiger partial charge in [0.05, 0.1) is 11.1 Å². The number of hydrogen-bond donors (Lipinski definition) is 2. The van der Waals surface area contributed by atoms with Gasteiger partial charge in [-0.15, -0.1) is 6.42 Å². The van der Waals surface area contributed by atoms with Gasteiger partial charge >= 0.3 is 0 Å². The molecule has 0 aliphatic heterocycles. The Bertz CT molecular complexity index is 428. The average molecular weight is 269 g/mol. The summed E-state index contributed by atoms with van der Waals surface area (Å²) < 4.78 is 13.1. The molecule has 18 heavy (non-hydrogen) atoms. The van der Waals surface area contributed by atoms with Gasteiger partial charge in [-0.1, -0.05) is 36.9 Å². The van der Waals surface area contributed by atoms with Crippen molar-refractivity contribution in [3.8, 4) is 12.3 Å². The average Bonchev–Trinajstić information content (AvgIpc) is 2.38. The Kier molecular flexibility index (Phi) is 6.14. The van der Waals surface area contributed by atoms with E-state index in [1.54, 1.807) is 12.1 Å². The lowest BCUT2D eigenvalue weighted by atomic mass is 10.0. The van der Waals surface area contributed by atoms with E-state index in [1.165, 1.54) is 6.07 Å². The highest BCUT2D eigenvalue weighted by atomic mass is 35.5. The first-order valence-electron chi connectivity index (χ1n) is 5.99. The summed E-state index contributed by atoms with van der Waals surface area (Å²) in [7, 11) is 0. The molecule has 3 N–H and O–H groups in total. The molecule has 0 bridgehead atoms. The van der Waals surface area contributed by atoms with Crippen molar-refractivity contribution in [2.45, 2.75) is 31.8 Å². The van der Waals surface area contributed by atoms with Gasteiger partial charge in [0.15, 0.2) is 0 Å². The zero-order valence-electron chi connectivity index (χ0n) is 10.4. The third-order valence-electron chi connectivity index (χ3n) is 2.76. The first-order chi connectivity index (χ1) is 8.62. The molecule has 0 radical (unpaired) electrons. The van der Waals surface area contributed by atoms with E-state index in [-0.39, 0.29) is 17.1 Å². The molecule has 2 nitrogen and oxygen atoms in total. The third kappa shape index (κ3) is 3.99. The fourth-order valence-corrected chi connectivity index (χ4v) is 1.96. The van der Waals surface area contributed by atoms with Crippen LogP contribution in [0.4, 0.5) is 4.39 Å². The zero-order valence-corrected chi connectivity index (χ0v) is 11.2. The Morgan fingerprint density at radius 2 is 2.28 bits per heavy atom. The van der Waals surface area contributed by atoms with E-state index in [0.717, 1.165) is 18.4 Å². The van der Waals surface area contributed by atoms with Crippen LogP contribution in [-0.4, -0.2) is 12.6 Å². The lowest BCUT2D eigenvalue weighted by Gasteiger charge is -2.22. The number of nitrogens with one attached hydrogen (secondary N) is 1. The molecule has 0 spiro atoms. The summed E-state index contributed by atoms with van der Waals surface area (Å²) in [5.41, 5.74) is 6.57. The Morgan fingerprint density at radius 3 is 2.78 bits per heavy atom. The summed E-state index contributed by atoms with van der Waals surface area (Å²) in [6.07, 6.45) is 7.32. The van der Waals surface area contributed by atoms with Crippen molar-refractivity contribution in [1.29, 1.82) is 0 Å². The molecule has 0 saturated carbocycles. The second-order valence-corrected chi connectivity index (χ2v) is 4.54. The predicted octanol–water partition coefficient (Wildman–Crippen LogP) is 2.87. The van der Waals surface area contributed by atoms with E-state index >= 15 is 0 Å². The van der Waals surface area contributed by atoms with Gasteiger partial charge in [0.25, 0.3) is 0 Å². The van der Waals surface area contributed by atoms with Crippen molar-refractivity contribution in [2.75, 3.05) is 6.54 Å². The molecule has 4 heteroatoms. The van der Waals surface area contributed by atoms with E-state index in [2.05, 4.69) is 18.2 Å². The first kappa shape index (κ1) is 15.0. The van der Waals surface area contributed by atoms with Crippen LogP contribution in [0.1, 0.15) is 31.4 Å². The first-order valence-corrected chi connectivity index (χ1v) is 6.37. The van der Waals surface area contributed by atoms with Crippen LogP contribution in [0.25, 0.3) is 0 Å². The molecule has 2 unspecified atom stereocenters. The zero-order chi connectivity index (χ0) is 13.5. The molecule has 0 aromatic heterocycles. The van der Waals surface area contributed by atoms with Crippen LogP contribution in [0.15, 0.2) is 18.2 Å². The van der Waals surface area contributed by atoms with E-state index < -0.39 is 5.82 Å². The molecule has 98 valence electrons. The fourth-order valence-electron chi connectivity index (χ4n) is 1.78. The second kappa shape index (κ2) is 7.38. The van der Waals surface area contributed by atoms with Crippen LogP contribution in [0.2, 0.25) is 5.02 Å². The maximum absolute atomic E-state index is 13.1. The third-order valence-corrected chi connectivity index (χ3v) is 3.05. The Hall–Kier alpha value is -1.08. The van der Waals surface area contributed by atoms with Gasteiger partial charge in [-0.05, 0) is 24.1 Å². The van der Waals surface area contributed by atoms with Crippen LogP contribution < -0.4 is 11.1 Å². The standard InChI is InChI=1S/C14H18ClFN2/c1-3-5-11(4-2)18-14(9-17)10-6-7-13(16)12(15)8-10/h2,6-8,11,14,18H,3,5,9,17H2,1H3. The normalized spacial score (nSPS) is 13.9. The lowest BCUT2D eigenvalue weighted by molar-refractivity contribution is 0.475. The maximum atomic E-state index is 13.1. The van der Waals surface area contributed by atoms with Gasteiger partial charge < -0.3 is 5.73 Å². The smallest absolute Gasteiger partial charge is 0.141 e. The van der Waals surface area contributed by atoms with Crippen LogP contribution in [0.5, 0.6) is 0 Å². The van der Waals surface area contributed by atoms with E-state index in [4.69, 9.17) is 23.8 Å². The molecule has 0 aliphatic carbocycles. The van der Waals surface area contributed by atoms with Crippen molar-refractivity contribution in [1.82, 2.24) is 5.32 Å². The van der Waals surface area contributed by atoms with Crippen LogP contribution in [-0.2, 0) is 0 Å². The van der Waals surface area contributed by atoms with Crippen LogP contribution >= 0.6 is 11.6 Å². The highest BCUT2D eigenvalue weighted by Crippen LogP contribution is 2.21. The Morgan fingerprint density at radius 1 is 1.56 bits per heavy atom. The van der Waals surface area contributed by atoms with E-state index in [0.29, 0.717) is 6.54 Å². The minimum atomic E-state index is -0.432. The van der Waals surface area contributed by atoms with Crippen molar-refractivity contribution < 1.29 is 4.39 Å². The van der Waals surface area contributed by atoms with Crippen molar-refractivity contribution in [3.63, 3.8) is 0 Å². The van der Waals surface area contributed by atoms with Gasteiger partial charge in [0, 0.05) is 12.6 Å². The van der Waals surface area contributed by atoms with Gasteiger partial charge in [-0.2, -0.15) is 0 Å². The van der Waals surface area contributed by atoms with Crippen LogP contribution in [0, 0.1) is 18.2 Å². The molecule has 0 aliphatic rings. The molecule has 0 saturated heterocycles. The number of hydrogen-bond acceptors (Lipinski definition) is 2. The van der Waals surface area contributed by atoms with Gasteiger partial charge in [0.2, 0.25) is 0 Å². The summed E-state index contributed by atoms with van der Waals surface area (Å²) in [6.45, 7) is 2.45. The van der Waals surface area contributed by atoms with Crippen molar-refractivity contribution >= 4 is 11.6 Å². The number of rotatable bonds is 6. The second-order valence-electron chi connectivity index (χ2n) is 4.14. The minimum absolute atomic E-state index is 0.0348. The monoisotopic (exact) mass is 268 g/mol. The van der Waals surface area contributed by atoms with E-state index in [9.17, 15) is 4.39 Å². The van der Waals surface area contributed by atoms with Gasteiger partial charge in [0.1, 0.15) is 5.82 Å². The highest BCUT2D eigenvalue weighted by molar-refractivity contribution is 6.30. The molecule has 0 amide bonds. The summed E-state index contributed by atoms with van der Waals surface area (Å²) in [6, 6.07) is 4.45. The Balaban J connectivity index is 2.82. The van der Waals surface area contributed by atoms with Gasteiger partial charge in [-0.25, -0.2) is 4.39 Å². The molecule has 1 rings (SSSR count). The molecule has 2 atom stereocenters. The summed E-state index contributed by atoms with van der Waals surface area (Å²) in [5, 5.41) is 3.37. The summed E-state index contributed by atoms with van der Waals surface area (Å²) >= 11 is 5.76. The lowest BCUT2D eigenvalue weighted by Crippen LogP contribution is -2.35. The van der Waals surface area contributed by atoms with Gasteiger partial charge in [-0.3, -0.25) is 5.32 Å². The Labute approximate surface area is 113 Å². The number of nitrogens with two attached hydrogens (primary N) is 1. The minimum Gasteiger partial charge on any atom is -0.329 e. The van der Waals surface area contributed by atoms with E-state index in [1.807, 2.05) is 0 Å². The maximum Gasteiger partial charge on any atom is 0.141 e. The fraction of sp³-hybridized carbons (Fsp3) is 0.429. The molecular formula is C14H18ClFN2. The molecule has 0 heterocycles. The van der Waals surface area contributed by atoms with Crippen molar-refractivity contribution in [2.24, 2.45) is 5.73 Å². The highest BCUT2D eigenvalue weighted by Gasteiger charge is 2.15. The SMILES string of the molecule is C#CC(CCC)NC(CN)c1ccc(F)c(Cl)c1. The summed E-state index contributed by atoms with van der Waals surface area (Å²) in [4.78, 5) is 0. The van der Waals surface area contributed by atoms with Crippen LogP contribution in [0.3, 0.4) is 0 Å². The topological polar surface area (TPSA) is 38.0 Å². The largest absolute Gasteiger partial charge is 0.329 e. The number of terminal acetylenes is 1. The predicted molar refractivity (Wildman–Crippen MR) is 73.9 cm³/mol. The molecular weight excluding hydrogens is 251 g/mol. The van der Waals surface area contributed by atoms with Crippen molar-refractivity contribution in [3.05, 3.63) is 34.6 Å². The number of benzene rings is 1. The number of halogens is 2. The quantitative estimate of drug-likeness (QED) is 0.779.